The minimum atomic E-state index is -3.42. The van der Waals surface area contributed by atoms with Crippen LogP contribution in [0.3, 0.4) is 0 Å². The van der Waals surface area contributed by atoms with E-state index in [0.717, 1.165) is 18.2 Å². The number of hydrogen-bond donors (Lipinski definition) is 2. The summed E-state index contributed by atoms with van der Waals surface area (Å²) in [5.41, 5.74) is -0.383. The smallest absolute Gasteiger partial charge is 0.408 e. The van der Waals surface area contributed by atoms with E-state index < -0.39 is 36.2 Å². The number of alkyl halides is 2. The highest BCUT2D eigenvalue weighted by Crippen LogP contribution is 2.38. The summed E-state index contributed by atoms with van der Waals surface area (Å²) in [4.78, 5) is 10.9. The van der Waals surface area contributed by atoms with Crippen LogP contribution in [0.4, 0.5) is 18.0 Å². The van der Waals surface area contributed by atoms with Crippen LogP contribution in [-0.4, -0.2) is 23.7 Å². The number of carbonyl (C=O) groups is 1. The van der Waals surface area contributed by atoms with Crippen LogP contribution in [0.15, 0.2) is 18.2 Å². The number of aromatic hydroxyl groups is 1. The highest BCUT2D eigenvalue weighted by atomic mass is 19.3. The van der Waals surface area contributed by atoms with E-state index >= 15 is 0 Å². The molecule has 0 spiro atoms. The minimum Gasteiger partial charge on any atom is -0.508 e. The number of cyclic esters (lactones) is 1. The fourth-order valence-corrected chi connectivity index (χ4v) is 1.57. The molecule has 2 rings (SSSR count). The third-order valence-corrected chi connectivity index (χ3v) is 2.38. The predicted molar refractivity (Wildman–Crippen MR) is 50.2 cm³/mol. The first-order valence-corrected chi connectivity index (χ1v) is 4.70. The van der Waals surface area contributed by atoms with Gasteiger partial charge in [0, 0.05) is 5.56 Å². The van der Waals surface area contributed by atoms with Crippen LogP contribution >= 0.6 is 0 Å². The lowest BCUT2D eigenvalue weighted by atomic mass is 9.99. The van der Waals surface area contributed by atoms with Crippen LogP contribution in [-0.2, 0) is 4.74 Å². The first-order valence-electron chi connectivity index (χ1n) is 4.70. The predicted octanol–water partition coefficient (Wildman–Crippen LogP) is 1.95. The maximum absolute atomic E-state index is 13.5. The standard InChI is InChI=1S/C10H8F3NO3/c11-5-1-2-7(15)6(3-5)8-10(12,13)4-17-9(16)14-8/h1-3,8,15H,4H2,(H,14,16)/t8-/m0/s1. The second kappa shape index (κ2) is 3.83. The molecule has 0 radical (unpaired) electrons. The lowest BCUT2D eigenvalue weighted by molar-refractivity contribution is -0.104. The summed E-state index contributed by atoms with van der Waals surface area (Å²) in [6.07, 6.45) is -1.04. The molecule has 7 heteroatoms. The van der Waals surface area contributed by atoms with Gasteiger partial charge in [0.15, 0.2) is 6.61 Å². The number of benzene rings is 1. The Morgan fingerprint density at radius 2 is 2.18 bits per heavy atom. The largest absolute Gasteiger partial charge is 0.508 e. The summed E-state index contributed by atoms with van der Waals surface area (Å²) in [5, 5.41) is 11.3. The second-order valence-corrected chi connectivity index (χ2v) is 3.62. The number of amides is 1. The highest BCUT2D eigenvalue weighted by Gasteiger charge is 2.47. The zero-order chi connectivity index (χ0) is 12.6. The minimum absolute atomic E-state index is 0.383. The molecule has 1 fully saturated rings. The molecule has 4 nitrogen and oxygen atoms in total. The molecule has 0 aliphatic carbocycles. The van der Waals surface area contributed by atoms with E-state index in [4.69, 9.17) is 0 Å². The SMILES string of the molecule is O=C1N[C@@H](c2cc(F)ccc2O)C(F)(F)CO1. The van der Waals surface area contributed by atoms with Crippen molar-refractivity contribution in [2.45, 2.75) is 12.0 Å². The molecule has 17 heavy (non-hydrogen) atoms. The van der Waals surface area contributed by atoms with E-state index in [1.54, 1.807) is 0 Å². The van der Waals surface area contributed by atoms with Gasteiger partial charge in [-0.2, -0.15) is 0 Å². The van der Waals surface area contributed by atoms with Crippen molar-refractivity contribution in [3.63, 3.8) is 0 Å². The first kappa shape index (κ1) is 11.6. The summed E-state index contributed by atoms with van der Waals surface area (Å²) in [7, 11) is 0. The lowest BCUT2D eigenvalue weighted by Crippen LogP contribution is -2.49. The number of rotatable bonds is 1. The molecule has 0 bridgehead atoms. The van der Waals surface area contributed by atoms with Crippen molar-refractivity contribution in [3.8, 4) is 5.75 Å². The number of phenols is 1. The number of hydrogen-bond acceptors (Lipinski definition) is 3. The van der Waals surface area contributed by atoms with E-state index in [-0.39, 0.29) is 5.56 Å². The van der Waals surface area contributed by atoms with Gasteiger partial charge in [0.1, 0.15) is 17.6 Å². The van der Waals surface area contributed by atoms with Crippen molar-refractivity contribution in [2.75, 3.05) is 6.61 Å². The fraction of sp³-hybridized carbons (Fsp3) is 0.300. The molecule has 1 aromatic carbocycles. The molecule has 92 valence electrons. The normalized spacial score (nSPS) is 22.8. The summed E-state index contributed by atoms with van der Waals surface area (Å²) < 4.78 is 44.0. The van der Waals surface area contributed by atoms with Crippen molar-refractivity contribution in [2.24, 2.45) is 0 Å². The Bertz CT molecular complexity index is 464. The number of carbonyl (C=O) groups excluding carboxylic acids is 1. The molecule has 0 unspecified atom stereocenters. The Hall–Kier alpha value is -1.92. The van der Waals surface area contributed by atoms with Crippen molar-refractivity contribution < 1.29 is 27.8 Å². The highest BCUT2D eigenvalue weighted by molar-refractivity contribution is 5.69. The number of ether oxygens (including phenoxy) is 1. The molecule has 0 saturated carbocycles. The van der Waals surface area contributed by atoms with E-state index in [9.17, 15) is 23.1 Å². The molecule has 1 aliphatic heterocycles. The fourth-order valence-electron chi connectivity index (χ4n) is 1.57. The molecule has 0 aromatic heterocycles. The van der Waals surface area contributed by atoms with Crippen molar-refractivity contribution >= 4 is 6.09 Å². The Balaban J connectivity index is 2.42. The zero-order valence-electron chi connectivity index (χ0n) is 8.41. The number of phenolic OH excluding ortho intramolecular Hbond substituents is 1. The van der Waals surface area contributed by atoms with Gasteiger partial charge < -0.3 is 15.2 Å². The Labute approximate surface area is 94.0 Å². The summed E-state index contributed by atoms with van der Waals surface area (Å²) in [6.45, 7) is -1.11. The molecular weight excluding hydrogens is 239 g/mol. The number of nitrogens with one attached hydrogen (secondary N) is 1. The zero-order valence-corrected chi connectivity index (χ0v) is 8.41. The van der Waals surface area contributed by atoms with Gasteiger partial charge in [-0.25, -0.2) is 18.0 Å². The number of alkyl carbamates (subject to hydrolysis) is 1. The summed E-state index contributed by atoms with van der Waals surface area (Å²) in [6, 6.07) is 0.819. The van der Waals surface area contributed by atoms with Crippen LogP contribution in [0.1, 0.15) is 11.6 Å². The Morgan fingerprint density at radius 1 is 1.47 bits per heavy atom. The van der Waals surface area contributed by atoms with E-state index in [2.05, 4.69) is 4.74 Å². The Morgan fingerprint density at radius 3 is 2.88 bits per heavy atom. The average Bonchev–Trinajstić information content (AvgIpc) is 2.26. The molecule has 1 saturated heterocycles. The summed E-state index contributed by atoms with van der Waals surface area (Å²) in [5.74, 6) is -4.72. The first-order chi connectivity index (χ1) is 7.90. The van der Waals surface area contributed by atoms with E-state index in [1.807, 2.05) is 5.32 Å². The topological polar surface area (TPSA) is 58.6 Å². The van der Waals surface area contributed by atoms with Gasteiger partial charge >= 0.3 is 12.0 Å². The van der Waals surface area contributed by atoms with Crippen LogP contribution in [0.25, 0.3) is 0 Å². The molecule has 1 atom stereocenters. The van der Waals surface area contributed by atoms with Crippen molar-refractivity contribution in [1.82, 2.24) is 5.32 Å². The van der Waals surface area contributed by atoms with Gasteiger partial charge in [0.2, 0.25) is 0 Å². The van der Waals surface area contributed by atoms with Crippen LogP contribution in [0.5, 0.6) is 5.75 Å². The van der Waals surface area contributed by atoms with Gasteiger partial charge in [0.05, 0.1) is 0 Å². The number of halogens is 3. The molecule has 1 heterocycles. The monoisotopic (exact) mass is 247 g/mol. The van der Waals surface area contributed by atoms with Gasteiger partial charge in [-0.15, -0.1) is 0 Å². The van der Waals surface area contributed by atoms with Crippen LogP contribution in [0.2, 0.25) is 0 Å². The Kier molecular flexibility index (Phi) is 2.60. The van der Waals surface area contributed by atoms with Gasteiger partial charge in [0.25, 0.3) is 0 Å². The quantitative estimate of drug-likeness (QED) is 0.797. The van der Waals surface area contributed by atoms with Crippen LogP contribution in [0, 0.1) is 5.82 Å². The molecule has 1 amide bonds. The van der Waals surface area contributed by atoms with E-state index in [1.165, 1.54) is 0 Å². The maximum Gasteiger partial charge on any atom is 0.408 e. The third kappa shape index (κ3) is 2.13. The third-order valence-electron chi connectivity index (χ3n) is 2.38. The molecule has 2 N–H and O–H groups in total. The lowest BCUT2D eigenvalue weighted by Gasteiger charge is -2.32. The van der Waals surface area contributed by atoms with Gasteiger partial charge in [-0.1, -0.05) is 0 Å². The van der Waals surface area contributed by atoms with E-state index in [0.29, 0.717) is 0 Å². The van der Waals surface area contributed by atoms with Crippen molar-refractivity contribution in [1.29, 1.82) is 0 Å². The van der Waals surface area contributed by atoms with Gasteiger partial charge in [-0.05, 0) is 18.2 Å². The molecule has 1 aromatic rings. The maximum atomic E-state index is 13.5. The molecular formula is C10H8F3NO3. The average molecular weight is 247 g/mol. The van der Waals surface area contributed by atoms with Crippen LogP contribution < -0.4 is 5.32 Å². The van der Waals surface area contributed by atoms with Gasteiger partial charge in [-0.3, -0.25) is 0 Å². The van der Waals surface area contributed by atoms with Crippen molar-refractivity contribution in [3.05, 3.63) is 29.6 Å². The second-order valence-electron chi connectivity index (χ2n) is 3.62. The molecule has 1 aliphatic rings. The summed E-state index contributed by atoms with van der Waals surface area (Å²) >= 11 is 0.